The molecule has 3 atom stereocenters. The number of carbonyl (C=O) groups excluding carboxylic acids is 1. The Hall–Kier alpha value is -2.83. The summed E-state index contributed by atoms with van der Waals surface area (Å²) in [6, 6.07) is 3.29. The molecule has 0 aliphatic heterocycles. The zero-order valence-corrected chi connectivity index (χ0v) is 16.4. The van der Waals surface area contributed by atoms with E-state index in [4.69, 9.17) is 9.47 Å². The maximum atomic E-state index is 13.0. The third-order valence-electron chi connectivity index (χ3n) is 5.93. The van der Waals surface area contributed by atoms with Crippen LogP contribution in [0.2, 0.25) is 0 Å². The minimum atomic E-state index is -0.263. The van der Waals surface area contributed by atoms with E-state index < -0.39 is 0 Å². The number of hydrogen-bond acceptors (Lipinski definition) is 5. The fourth-order valence-corrected chi connectivity index (χ4v) is 4.42. The van der Waals surface area contributed by atoms with Crippen LogP contribution in [0.1, 0.15) is 18.7 Å². The van der Waals surface area contributed by atoms with Gasteiger partial charge in [0.25, 0.3) is 5.56 Å². The molecule has 1 heterocycles. The number of methoxy groups -OCH3 is 2. The smallest absolute Gasteiger partial charge is 0.262 e. The average molecular weight is 383 g/mol. The van der Waals surface area contributed by atoms with Crippen LogP contribution in [0.4, 0.5) is 0 Å². The van der Waals surface area contributed by atoms with Gasteiger partial charge in [-0.1, -0.05) is 12.2 Å². The Bertz CT molecular complexity index is 1010. The van der Waals surface area contributed by atoms with Gasteiger partial charge in [0.15, 0.2) is 11.5 Å². The molecule has 0 radical (unpaired) electrons. The molecule has 4 rings (SSSR count). The van der Waals surface area contributed by atoms with Gasteiger partial charge in [0, 0.05) is 12.6 Å². The molecule has 0 spiro atoms. The second-order valence-electron chi connectivity index (χ2n) is 7.62. The van der Waals surface area contributed by atoms with Crippen molar-refractivity contribution in [2.24, 2.45) is 17.8 Å². The Labute approximate surface area is 163 Å². The maximum Gasteiger partial charge on any atom is 0.262 e. The van der Waals surface area contributed by atoms with E-state index in [0.29, 0.717) is 52.5 Å². The molecule has 1 aromatic carbocycles. The number of aryl methyl sites for hydroxylation is 1. The molecular weight excluding hydrogens is 358 g/mol. The van der Waals surface area contributed by atoms with Crippen LogP contribution in [-0.4, -0.2) is 36.2 Å². The molecule has 1 N–H and O–H groups in total. The number of benzene rings is 1. The summed E-state index contributed by atoms with van der Waals surface area (Å²) in [5, 5.41) is 3.39. The van der Waals surface area contributed by atoms with E-state index in [1.807, 2.05) is 0 Å². The third-order valence-corrected chi connectivity index (χ3v) is 5.93. The molecule has 1 fully saturated rings. The number of ether oxygens (including phenoxy) is 2. The topological polar surface area (TPSA) is 82.5 Å². The van der Waals surface area contributed by atoms with E-state index in [0.717, 1.165) is 6.42 Å². The van der Waals surface area contributed by atoms with Crippen LogP contribution >= 0.6 is 0 Å². The Morgan fingerprint density at radius 3 is 2.61 bits per heavy atom. The number of carbonyl (C=O) groups is 1. The molecule has 1 aromatic heterocycles. The summed E-state index contributed by atoms with van der Waals surface area (Å²) in [5.41, 5.74) is 0.257. The van der Waals surface area contributed by atoms with E-state index in [9.17, 15) is 9.59 Å². The summed E-state index contributed by atoms with van der Waals surface area (Å²) in [4.78, 5) is 29.9. The highest BCUT2D eigenvalue weighted by Crippen LogP contribution is 2.42. The second kappa shape index (κ2) is 7.30. The first-order valence-electron chi connectivity index (χ1n) is 9.58. The lowest BCUT2D eigenvalue weighted by molar-refractivity contribution is -0.122. The molecule has 2 aliphatic rings. The number of amides is 1. The highest BCUT2D eigenvalue weighted by atomic mass is 16.5. The predicted octanol–water partition coefficient (Wildman–Crippen LogP) is 2.05. The number of allylic oxidation sites excluding steroid dienone is 2. The van der Waals surface area contributed by atoms with Crippen molar-refractivity contribution in [3.63, 3.8) is 0 Å². The summed E-state index contributed by atoms with van der Waals surface area (Å²) in [6.45, 7) is 2.34. The quantitative estimate of drug-likeness (QED) is 0.772. The molecule has 1 saturated carbocycles. The number of nitrogens with zero attached hydrogens (tertiary/aromatic N) is 2. The fraction of sp³-hybridized carbons (Fsp3) is 0.476. The van der Waals surface area contributed by atoms with Crippen molar-refractivity contribution < 1.29 is 14.3 Å². The van der Waals surface area contributed by atoms with E-state index >= 15 is 0 Å². The van der Waals surface area contributed by atoms with Gasteiger partial charge in [-0.05, 0) is 43.6 Å². The molecule has 2 aromatic rings. The highest BCUT2D eigenvalue weighted by Gasteiger charge is 2.35. The molecule has 7 nitrogen and oxygen atoms in total. The minimum absolute atomic E-state index is 0.0430. The SMILES string of the molecule is COc1cc2nc(C)n(CC(=O)NCC3CC4C=CC3C4)c(=O)c2cc1OC. The lowest BCUT2D eigenvalue weighted by Crippen LogP contribution is -2.37. The monoisotopic (exact) mass is 383 g/mol. The molecule has 1 amide bonds. The average Bonchev–Trinajstić information content (AvgIpc) is 3.32. The van der Waals surface area contributed by atoms with Crippen LogP contribution in [0.3, 0.4) is 0 Å². The van der Waals surface area contributed by atoms with Gasteiger partial charge in [0.05, 0.1) is 25.1 Å². The molecular formula is C21H25N3O4. The Morgan fingerprint density at radius 2 is 1.96 bits per heavy atom. The van der Waals surface area contributed by atoms with E-state index in [2.05, 4.69) is 22.5 Å². The van der Waals surface area contributed by atoms with Crippen molar-refractivity contribution >= 4 is 16.8 Å². The Morgan fingerprint density at radius 1 is 1.21 bits per heavy atom. The van der Waals surface area contributed by atoms with E-state index in [1.165, 1.54) is 25.2 Å². The van der Waals surface area contributed by atoms with Crippen molar-refractivity contribution in [1.29, 1.82) is 0 Å². The highest BCUT2D eigenvalue weighted by molar-refractivity contribution is 5.82. The van der Waals surface area contributed by atoms with Crippen LogP contribution in [0.15, 0.2) is 29.1 Å². The Balaban J connectivity index is 1.53. The Kier molecular flexibility index (Phi) is 4.83. The summed E-state index contributed by atoms with van der Waals surface area (Å²) in [7, 11) is 3.05. The first-order chi connectivity index (χ1) is 13.5. The van der Waals surface area contributed by atoms with Gasteiger partial charge in [-0.2, -0.15) is 0 Å². The maximum absolute atomic E-state index is 13.0. The molecule has 0 saturated heterocycles. The zero-order valence-electron chi connectivity index (χ0n) is 16.4. The molecule has 2 aliphatic carbocycles. The number of rotatable bonds is 6. The lowest BCUT2D eigenvalue weighted by Gasteiger charge is -2.19. The van der Waals surface area contributed by atoms with Crippen LogP contribution < -0.4 is 20.3 Å². The summed E-state index contributed by atoms with van der Waals surface area (Å²) < 4.78 is 12.0. The summed E-state index contributed by atoms with van der Waals surface area (Å²) in [6.07, 6.45) is 6.91. The molecule has 3 unspecified atom stereocenters. The molecule has 28 heavy (non-hydrogen) atoms. The number of aromatic nitrogens is 2. The van der Waals surface area contributed by atoms with Gasteiger partial charge >= 0.3 is 0 Å². The van der Waals surface area contributed by atoms with Crippen LogP contribution in [0, 0.1) is 24.7 Å². The largest absolute Gasteiger partial charge is 0.493 e. The number of hydrogen-bond donors (Lipinski definition) is 1. The van der Waals surface area contributed by atoms with Crippen LogP contribution in [0.5, 0.6) is 11.5 Å². The van der Waals surface area contributed by atoms with Crippen molar-refractivity contribution in [1.82, 2.24) is 14.9 Å². The van der Waals surface area contributed by atoms with Crippen LogP contribution in [-0.2, 0) is 11.3 Å². The number of fused-ring (bicyclic) bond motifs is 3. The fourth-order valence-electron chi connectivity index (χ4n) is 4.42. The molecule has 148 valence electrons. The molecule has 7 heteroatoms. The van der Waals surface area contributed by atoms with Gasteiger partial charge < -0.3 is 14.8 Å². The van der Waals surface area contributed by atoms with Crippen molar-refractivity contribution in [3.05, 3.63) is 40.5 Å². The third kappa shape index (κ3) is 3.25. The van der Waals surface area contributed by atoms with Crippen LogP contribution in [0.25, 0.3) is 10.9 Å². The van der Waals surface area contributed by atoms with Crippen molar-refractivity contribution in [2.75, 3.05) is 20.8 Å². The van der Waals surface area contributed by atoms with Gasteiger partial charge in [-0.25, -0.2) is 4.98 Å². The van der Waals surface area contributed by atoms with E-state index in [1.54, 1.807) is 19.1 Å². The minimum Gasteiger partial charge on any atom is -0.493 e. The standard InChI is InChI=1S/C21H25N3O4/c1-12-23-17-9-19(28-3)18(27-2)8-16(17)21(26)24(12)11-20(25)22-10-15-7-13-4-5-14(15)6-13/h4-5,8-9,13-15H,6-7,10-11H2,1-3H3,(H,22,25). The zero-order chi connectivity index (χ0) is 19.8. The van der Waals surface area contributed by atoms with Gasteiger partial charge in [0.1, 0.15) is 12.4 Å². The normalized spacial score (nSPS) is 22.6. The lowest BCUT2D eigenvalue weighted by atomic mass is 9.94. The van der Waals surface area contributed by atoms with E-state index in [-0.39, 0.29) is 18.0 Å². The first kappa shape index (κ1) is 18.5. The predicted molar refractivity (Wildman–Crippen MR) is 106 cm³/mol. The molecule has 2 bridgehead atoms. The van der Waals surface area contributed by atoms with Gasteiger partial charge in [-0.15, -0.1) is 0 Å². The summed E-state index contributed by atoms with van der Waals surface area (Å²) in [5.74, 6) is 3.05. The van der Waals surface area contributed by atoms with Gasteiger partial charge in [-0.3, -0.25) is 14.2 Å². The van der Waals surface area contributed by atoms with Crippen molar-refractivity contribution in [3.8, 4) is 11.5 Å². The second-order valence-corrected chi connectivity index (χ2v) is 7.62. The number of nitrogens with one attached hydrogen (secondary N) is 1. The first-order valence-corrected chi connectivity index (χ1v) is 9.58. The van der Waals surface area contributed by atoms with Gasteiger partial charge in [0.2, 0.25) is 5.91 Å². The summed E-state index contributed by atoms with van der Waals surface area (Å²) >= 11 is 0. The van der Waals surface area contributed by atoms with Crippen molar-refractivity contribution in [2.45, 2.75) is 26.3 Å².